The Bertz CT molecular complexity index is 779. The average Bonchev–Trinajstić information content (AvgIpc) is 2.58. The number of benzene rings is 2. The highest BCUT2D eigenvalue weighted by molar-refractivity contribution is 9.10. The van der Waals surface area contributed by atoms with Crippen molar-refractivity contribution in [3.05, 3.63) is 63.6 Å². The van der Waals surface area contributed by atoms with Gasteiger partial charge in [-0.2, -0.15) is 0 Å². The number of anilines is 1. The van der Waals surface area contributed by atoms with Crippen molar-refractivity contribution in [3.63, 3.8) is 0 Å². The number of nitrogens with zero attached hydrogens (tertiary/aromatic N) is 2. The maximum atomic E-state index is 12.7. The molecule has 124 valence electrons. The van der Waals surface area contributed by atoms with Crippen LogP contribution in [-0.2, 0) is 4.79 Å². The van der Waals surface area contributed by atoms with Crippen LogP contribution >= 0.6 is 27.5 Å². The molecule has 4 nitrogen and oxygen atoms in total. The zero-order valence-corrected chi connectivity index (χ0v) is 15.4. The molecule has 2 aromatic carbocycles. The molecule has 0 aromatic heterocycles. The first-order valence-corrected chi connectivity index (χ1v) is 8.78. The summed E-state index contributed by atoms with van der Waals surface area (Å²) in [5.41, 5.74) is 1.26. The summed E-state index contributed by atoms with van der Waals surface area (Å²) in [7, 11) is 0. The molecule has 3 rings (SSSR count). The van der Waals surface area contributed by atoms with E-state index in [1.165, 1.54) is 0 Å². The number of amides is 2. The van der Waals surface area contributed by atoms with Gasteiger partial charge in [0.2, 0.25) is 5.91 Å². The van der Waals surface area contributed by atoms with Crippen molar-refractivity contribution in [2.45, 2.75) is 13.0 Å². The van der Waals surface area contributed by atoms with E-state index in [0.29, 0.717) is 23.7 Å². The smallest absolute Gasteiger partial charge is 0.256 e. The number of piperazine rings is 1. The minimum absolute atomic E-state index is 0.0935. The van der Waals surface area contributed by atoms with Crippen LogP contribution in [0.5, 0.6) is 0 Å². The Labute approximate surface area is 154 Å². The van der Waals surface area contributed by atoms with Crippen LogP contribution in [0.15, 0.2) is 53.0 Å². The third kappa shape index (κ3) is 3.19. The SMILES string of the molecule is C[C@H]1C(=O)N(c2ccc(Br)cc2)CCN1C(=O)c1ccccc1Cl. The van der Waals surface area contributed by atoms with Gasteiger partial charge in [-0.15, -0.1) is 0 Å². The van der Waals surface area contributed by atoms with Gasteiger partial charge in [-0.05, 0) is 43.3 Å². The van der Waals surface area contributed by atoms with Crippen molar-refractivity contribution in [2.24, 2.45) is 0 Å². The molecular formula is C18H16BrClN2O2. The molecule has 1 aliphatic heterocycles. The first-order valence-electron chi connectivity index (χ1n) is 7.61. The first kappa shape index (κ1) is 17.0. The molecule has 24 heavy (non-hydrogen) atoms. The molecule has 0 unspecified atom stereocenters. The lowest BCUT2D eigenvalue weighted by molar-refractivity contribution is -0.124. The standard InChI is InChI=1S/C18H16BrClN2O2/c1-12-17(23)22(14-8-6-13(19)7-9-14)11-10-21(12)18(24)15-4-2-3-5-16(15)20/h2-9,12H,10-11H2,1H3/t12-/m0/s1. The molecule has 0 N–H and O–H groups in total. The van der Waals surface area contributed by atoms with Crippen LogP contribution in [0.2, 0.25) is 5.02 Å². The van der Waals surface area contributed by atoms with E-state index < -0.39 is 6.04 Å². The summed E-state index contributed by atoms with van der Waals surface area (Å²) < 4.78 is 0.958. The number of halogens is 2. The lowest BCUT2D eigenvalue weighted by Gasteiger charge is -2.39. The van der Waals surface area contributed by atoms with E-state index in [2.05, 4.69) is 15.9 Å². The van der Waals surface area contributed by atoms with Gasteiger partial charge in [0.25, 0.3) is 5.91 Å². The lowest BCUT2D eigenvalue weighted by Crippen LogP contribution is -2.57. The highest BCUT2D eigenvalue weighted by Gasteiger charge is 2.35. The molecule has 1 heterocycles. The summed E-state index contributed by atoms with van der Waals surface area (Å²) in [6.07, 6.45) is 0. The molecule has 1 atom stereocenters. The van der Waals surface area contributed by atoms with Gasteiger partial charge >= 0.3 is 0 Å². The molecule has 0 aliphatic carbocycles. The van der Waals surface area contributed by atoms with Gasteiger partial charge in [0.15, 0.2) is 0 Å². The summed E-state index contributed by atoms with van der Waals surface area (Å²) in [6, 6.07) is 13.9. The molecule has 1 fully saturated rings. The predicted octanol–water partition coefficient (Wildman–Crippen LogP) is 3.98. The summed E-state index contributed by atoms with van der Waals surface area (Å²) in [5, 5.41) is 0.400. The van der Waals surface area contributed by atoms with Crippen molar-refractivity contribution >= 4 is 45.0 Å². The van der Waals surface area contributed by atoms with Crippen LogP contribution in [0, 0.1) is 0 Å². The van der Waals surface area contributed by atoms with Crippen LogP contribution in [0.25, 0.3) is 0 Å². The molecule has 2 amide bonds. The highest BCUT2D eigenvalue weighted by atomic mass is 79.9. The zero-order chi connectivity index (χ0) is 17.3. The van der Waals surface area contributed by atoms with Gasteiger partial charge in [-0.25, -0.2) is 0 Å². The van der Waals surface area contributed by atoms with Crippen LogP contribution in [0.4, 0.5) is 5.69 Å². The third-order valence-corrected chi connectivity index (χ3v) is 5.02. The summed E-state index contributed by atoms with van der Waals surface area (Å²) >= 11 is 9.50. The fourth-order valence-electron chi connectivity index (χ4n) is 2.81. The molecular weight excluding hydrogens is 392 g/mol. The van der Waals surface area contributed by atoms with E-state index >= 15 is 0 Å². The first-order chi connectivity index (χ1) is 11.5. The van der Waals surface area contributed by atoms with Gasteiger partial charge in [-0.3, -0.25) is 9.59 Å². The summed E-state index contributed by atoms with van der Waals surface area (Å²) in [5.74, 6) is -0.305. The van der Waals surface area contributed by atoms with Crippen LogP contribution in [0.3, 0.4) is 0 Å². The van der Waals surface area contributed by atoms with E-state index in [1.54, 1.807) is 41.0 Å². The molecule has 1 saturated heterocycles. The maximum absolute atomic E-state index is 12.7. The predicted molar refractivity (Wildman–Crippen MR) is 98.4 cm³/mol. The fraction of sp³-hybridized carbons (Fsp3) is 0.222. The van der Waals surface area contributed by atoms with Crippen molar-refractivity contribution in [1.29, 1.82) is 0 Å². The third-order valence-electron chi connectivity index (χ3n) is 4.16. The molecule has 0 spiro atoms. The molecule has 0 saturated carbocycles. The Morgan fingerprint density at radius 2 is 1.79 bits per heavy atom. The average molecular weight is 408 g/mol. The Hall–Kier alpha value is -1.85. The highest BCUT2D eigenvalue weighted by Crippen LogP contribution is 2.25. The molecule has 1 aliphatic rings. The molecule has 6 heteroatoms. The van der Waals surface area contributed by atoms with Crippen molar-refractivity contribution < 1.29 is 9.59 Å². The number of hydrogen-bond acceptors (Lipinski definition) is 2. The fourth-order valence-corrected chi connectivity index (χ4v) is 3.30. The second-order valence-corrected chi connectivity index (χ2v) is 6.94. The second kappa shape index (κ2) is 6.95. The van der Waals surface area contributed by atoms with Crippen LogP contribution in [-0.4, -0.2) is 35.8 Å². The second-order valence-electron chi connectivity index (χ2n) is 5.62. The molecule has 0 bridgehead atoms. The zero-order valence-electron chi connectivity index (χ0n) is 13.1. The summed E-state index contributed by atoms with van der Waals surface area (Å²) in [6.45, 7) is 2.68. The van der Waals surface area contributed by atoms with Gasteiger partial charge in [0.1, 0.15) is 6.04 Å². The monoisotopic (exact) mass is 406 g/mol. The van der Waals surface area contributed by atoms with Crippen molar-refractivity contribution in [1.82, 2.24) is 4.90 Å². The van der Waals surface area contributed by atoms with E-state index in [0.717, 1.165) is 10.2 Å². The minimum Gasteiger partial charge on any atom is -0.325 e. The van der Waals surface area contributed by atoms with Gasteiger partial charge in [0.05, 0.1) is 10.6 Å². The summed E-state index contributed by atoms with van der Waals surface area (Å²) in [4.78, 5) is 28.8. The minimum atomic E-state index is -0.536. The van der Waals surface area contributed by atoms with E-state index in [1.807, 2.05) is 24.3 Å². The van der Waals surface area contributed by atoms with Crippen LogP contribution in [0.1, 0.15) is 17.3 Å². The van der Waals surface area contributed by atoms with Crippen molar-refractivity contribution in [3.8, 4) is 0 Å². The normalized spacial score (nSPS) is 18.0. The molecule has 0 radical (unpaired) electrons. The number of hydrogen-bond donors (Lipinski definition) is 0. The van der Waals surface area contributed by atoms with Crippen LogP contribution < -0.4 is 4.90 Å². The Morgan fingerprint density at radius 1 is 1.12 bits per heavy atom. The van der Waals surface area contributed by atoms with E-state index in [9.17, 15) is 9.59 Å². The van der Waals surface area contributed by atoms with E-state index in [-0.39, 0.29) is 11.8 Å². The lowest BCUT2D eigenvalue weighted by atomic mass is 10.1. The number of carbonyl (C=O) groups excluding carboxylic acids is 2. The van der Waals surface area contributed by atoms with Gasteiger partial charge < -0.3 is 9.80 Å². The topological polar surface area (TPSA) is 40.6 Å². The molecule has 2 aromatic rings. The Balaban J connectivity index is 1.81. The maximum Gasteiger partial charge on any atom is 0.256 e. The van der Waals surface area contributed by atoms with Crippen molar-refractivity contribution in [2.75, 3.05) is 18.0 Å². The number of rotatable bonds is 2. The van der Waals surface area contributed by atoms with E-state index in [4.69, 9.17) is 11.6 Å². The largest absolute Gasteiger partial charge is 0.325 e. The Morgan fingerprint density at radius 3 is 2.46 bits per heavy atom. The Kier molecular flexibility index (Phi) is 4.92. The number of carbonyl (C=O) groups is 2. The van der Waals surface area contributed by atoms with Gasteiger partial charge in [-0.1, -0.05) is 39.7 Å². The van der Waals surface area contributed by atoms with Gasteiger partial charge in [0, 0.05) is 23.2 Å². The quantitative estimate of drug-likeness (QED) is 0.755.